The second kappa shape index (κ2) is 3.71. The maximum atomic E-state index is 4.24. The van der Waals surface area contributed by atoms with E-state index in [-0.39, 0.29) is 0 Å². The standard InChI is InChI=1S/C9H10N4S/c1-3-4-10-8-7-6(2)13-14-9(7)12-5-11-8/h3,5H,1,4H2,2H3,(H,10,11,12). The van der Waals surface area contributed by atoms with Crippen molar-refractivity contribution in [3.8, 4) is 0 Å². The zero-order valence-electron chi connectivity index (χ0n) is 7.82. The Morgan fingerprint density at radius 2 is 2.43 bits per heavy atom. The van der Waals surface area contributed by atoms with E-state index in [1.807, 2.05) is 6.92 Å². The first-order chi connectivity index (χ1) is 6.83. The molecule has 0 unspecified atom stereocenters. The fourth-order valence-corrected chi connectivity index (χ4v) is 1.97. The molecule has 2 aromatic rings. The van der Waals surface area contributed by atoms with Gasteiger partial charge in [0.15, 0.2) is 0 Å². The van der Waals surface area contributed by atoms with Gasteiger partial charge in [-0.2, -0.15) is 4.37 Å². The van der Waals surface area contributed by atoms with Crippen molar-refractivity contribution < 1.29 is 0 Å². The van der Waals surface area contributed by atoms with Crippen molar-refractivity contribution in [1.29, 1.82) is 0 Å². The second-order valence-corrected chi connectivity index (χ2v) is 3.59. The van der Waals surface area contributed by atoms with Crippen LogP contribution in [0.3, 0.4) is 0 Å². The number of aromatic nitrogens is 3. The minimum absolute atomic E-state index is 0.696. The molecule has 0 aromatic carbocycles. The van der Waals surface area contributed by atoms with E-state index in [2.05, 4.69) is 26.2 Å². The zero-order valence-corrected chi connectivity index (χ0v) is 8.64. The summed E-state index contributed by atoms with van der Waals surface area (Å²) >= 11 is 1.39. The average Bonchev–Trinajstić information content (AvgIpc) is 2.58. The van der Waals surface area contributed by atoms with E-state index in [4.69, 9.17) is 0 Å². The Bertz CT molecular complexity index is 463. The number of rotatable bonds is 3. The van der Waals surface area contributed by atoms with Crippen molar-refractivity contribution in [2.24, 2.45) is 0 Å². The molecule has 0 saturated carbocycles. The van der Waals surface area contributed by atoms with Crippen molar-refractivity contribution >= 4 is 27.6 Å². The molecular formula is C9H10N4S. The van der Waals surface area contributed by atoms with Crippen molar-refractivity contribution in [2.75, 3.05) is 11.9 Å². The van der Waals surface area contributed by atoms with E-state index in [9.17, 15) is 0 Å². The van der Waals surface area contributed by atoms with Crippen molar-refractivity contribution in [3.63, 3.8) is 0 Å². The SMILES string of the molecule is C=CCNc1ncnc2snc(C)c12. The monoisotopic (exact) mass is 206 g/mol. The lowest BCUT2D eigenvalue weighted by atomic mass is 10.3. The lowest BCUT2D eigenvalue weighted by Gasteiger charge is -2.02. The van der Waals surface area contributed by atoms with Gasteiger partial charge in [-0.1, -0.05) is 6.08 Å². The first-order valence-electron chi connectivity index (χ1n) is 4.24. The number of hydrogen-bond donors (Lipinski definition) is 1. The van der Waals surface area contributed by atoms with Gasteiger partial charge in [0.1, 0.15) is 17.0 Å². The smallest absolute Gasteiger partial charge is 0.149 e. The van der Waals surface area contributed by atoms with Crippen LogP contribution in [-0.4, -0.2) is 20.9 Å². The average molecular weight is 206 g/mol. The summed E-state index contributed by atoms with van der Waals surface area (Å²) in [6, 6.07) is 0. The van der Waals surface area contributed by atoms with Crippen LogP contribution in [0.4, 0.5) is 5.82 Å². The van der Waals surface area contributed by atoms with Crippen molar-refractivity contribution in [3.05, 3.63) is 24.7 Å². The lowest BCUT2D eigenvalue weighted by molar-refractivity contribution is 1.18. The molecule has 2 rings (SSSR count). The second-order valence-electron chi connectivity index (χ2n) is 2.84. The summed E-state index contributed by atoms with van der Waals surface area (Å²) in [5.41, 5.74) is 0.970. The summed E-state index contributed by atoms with van der Waals surface area (Å²) in [4.78, 5) is 9.24. The highest BCUT2D eigenvalue weighted by atomic mass is 32.1. The topological polar surface area (TPSA) is 50.7 Å². The van der Waals surface area contributed by atoms with Gasteiger partial charge in [0, 0.05) is 6.54 Å². The van der Waals surface area contributed by atoms with E-state index in [1.165, 1.54) is 11.5 Å². The van der Waals surface area contributed by atoms with Crippen LogP contribution in [0.1, 0.15) is 5.69 Å². The Kier molecular flexibility index (Phi) is 2.41. The fourth-order valence-electron chi connectivity index (χ4n) is 1.22. The van der Waals surface area contributed by atoms with Crippen LogP contribution < -0.4 is 5.32 Å². The number of hydrogen-bond acceptors (Lipinski definition) is 5. The minimum atomic E-state index is 0.696. The van der Waals surface area contributed by atoms with E-state index < -0.39 is 0 Å². The molecular weight excluding hydrogens is 196 g/mol. The van der Waals surface area contributed by atoms with Gasteiger partial charge in [-0.05, 0) is 18.5 Å². The van der Waals surface area contributed by atoms with Crippen LogP contribution in [0, 0.1) is 6.92 Å². The Morgan fingerprint density at radius 3 is 3.21 bits per heavy atom. The van der Waals surface area contributed by atoms with Crippen molar-refractivity contribution in [2.45, 2.75) is 6.92 Å². The highest BCUT2D eigenvalue weighted by Crippen LogP contribution is 2.25. The first-order valence-corrected chi connectivity index (χ1v) is 5.02. The van der Waals surface area contributed by atoms with E-state index in [0.29, 0.717) is 6.54 Å². The summed E-state index contributed by atoms with van der Waals surface area (Å²) in [6.45, 7) is 6.30. The zero-order chi connectivity index (χ0) is 9.97. The molecule has 0 spiro atoms. The molecule has 0 bridgehead atoms. The van der Waals surface area contributed by atoms with Crippen LogP contribution in [0.5, 0.6) is 0 Å². The maximum absolute atomic E-state index is 4.24. The highest BCUT2D eigenvalue weighted by Gasteiger charge is 2.08. The molecule has 1 N–H and O–H groups in total. The van der Waals surface area contributed by atoms with Gasteiger partial charge < -0.3 is 5.32 Å². The molecule has 0 atom stereocenters. The Balaban J connectivity index is 2.51. The molecule has 14 heavy (non-hydrogen) atoms. The molecule has 72 valence electrons. The summed E-state index contributed by atoms with van der Waals surface area (Å²) < 4.78 is 4.24. The summed E-state index contributed by atoms with van der Waals surface area (Å²) in [6.07, 6.45) is 3.34. The number of anilines is 1. The molecule has 0 aliphatic carbocycles. The van der Waals surface area contributed by atoms with E-state index in [1.54, 1.807) is 12.4 Å². The van der Waals surface area contributed by atoms with Gasteiger partial charge in [0.2, 0.25) is 0 Å². The predicted molar refractivity (Wildman–Crippen MR) is 58.6 cm³/mol. The fraction of sp³-hybridized carbons (Fsp3) is 0.222. The van der Waals surface area contributed by atoms with E-state index in [0.717, 1.165) is 21.7 Å². The molecule has 0 radical (unpaired) electrons. The molecule has 0 aliphatic rings. The number of nitrogens with one attached hydrogen (secondary N) is 1. The van der Waals surface area contributed by atoms with E-state index >= 15 is 0 Å². The van der Waals surface area contributed by atoms with Crippen LogP contribution in [-0.2, 0) is 0 Å². The molecule has 0 fully saturated rings. The van der Waals surface area contributed by atoms with Crippen LogP contribution in [0.15, 0.2) is 19.0 Å². The Labute approximate surface area is 85.9 Å². The summed E-state index contributed by atoms with van der Waals surface area (Å²) in [5, 5.41) is 4.18. The molecule has 2 heterocycles. The Morgan fingerprint density at radius 1 is 1.57 bits per heavy atom. The van der Waals surface area contributed by atoms with Crippen LogP contribution >= 0.6 is 11.5 Å². The van der Waals surface area contributed by atoms with Gasteiger partial charge in [-0.15, -0.1) is 6.58 Å². The van der Waals surface area contributed by atoms with Gasteiger partial charge in [-0.25, -0.2) is 9.97 Å². The molecule has 2 aromatic heterocycles. The molecule has 0 saturated heterocycles. The maximum Gasteiger partial charge on any atom is 0.149 e. The summed E-state index contributed by atoms with van der Waals surface area (Å²) in [7, 11) is 0. The molecule has 0 amide bonds. The quantitative estimate of drug-likeness (QED) is 0.780. The van der Waals surface area contributed by atoms with Crippen molar-refractivity contribution in [1.82, 2.24) is 14.3 Å². The minimum Gasteiger partial charge on any atom is -0.366 e. The number of fused-ring (bicyclic) bond motifs is 1. The molecule has 4 nitrogen and oxygen atoms in total. The Hall–Kier alpha value is -1.49. The van der Waals surface area contributed by atoms with Gasteiger partial charge in [-0.3, -0.25) is 0 Å². The highest BCUT2D eigenvalue weighted by molar-refractivity contribution is 7.13. The molecule has 0 aliphatic heterocycles. The third-order valence-electron chi connectivity index (χ3n) is 1.86. The van der Waals surface area contributed by atoms with Crippen LogP contribution in [0.2, 0.25) is 0 Å². The first kappa shape index (κ1) is 9.08. The summed E-state index contributed by atoms with van der Waals surface area (Å²) in [5.74, 6) is 0.834. The van der Waals surface area contributed by atoms with Gasteiger partial charge >= 0.3 is 0 Å². The molecule has 5 heteroatoms. The number of aryl methyl sites for hydroxylation is 1. The lowest BCUT2D eigenvalue weighted by Crippen LogP contribution is -2.01. The van der Waals surface area contributed by atoms with Crippen LogP contribution in [0.25, 0.3) is 10.2 Å². The largest absolute Gasteiger partial charge is 0.366 e. The normalized spacial score (nSPS) is 10.4. The third kappa shape index (κ3) is 1.46. The van der Waals surface area contributed by atoms with Gasteiger partial charge in [0.25, 0.3) is 0 Å². The number of nitrogens with zero attached hydrogens (tertiary/aromatic N) is 3. The predicted octanol–water partition coefficient (Wildman–Crippen LogP) is 1.99. The third-order valence-corrected chi connectivity index (χ3v) is 2.70. The van der Waals surface area contributed by atoms with Gasteiger partial charge in [0.05, 0.1) is 11.1 Å².